The summed E-state index contributed by atoms with van der Waals surface area (Å²) in [6.07, 6.45) is 0. The van der Waals surface area contributed by atoms with Gasteiger partial charge in [-0.05, 0) is 17.2 Å². The van der Waals surface area contributed by atoms with Crippen molar-refractivity contribution >= 4 is 5.91 Å². The first-order chi connectivity index (χ1) is 8.72. The maximum absolute atomic E-state index is 12.0. The van der Waals surface area contributed by atoms with Crippen LogP contribution in [0.1, 0.15) is 21.5 Å². The molecular formula is C13H19NO4. The molecule has 0 unspecified atom stereocenters. The Morgan fingerprint density at radius 1 is 1.11 bits per heavy atom. The van der Waals surface area contributed by atoms with Gasteiger partial charge in [-0.2, -0.15) is 0 Å². The second kappa shape index (κ2) is 7.81. The van der Waals surface area contributed by atoms with Crippen molar-refractivity contribution in [3.63, 3.8) is 0 Å². The number of carbonyl (C=O) groups excluding carboxylic acids is 1. The Bertz CT molecular complexity index is 393. The largest absolute Gasteiger partial charge is 0.380 e. The van der Waals surface area contributed by atoms with Crippen LogP contribution in [0.15, 0.2) is 18.2 Å². The zero-order chi connectivity index (χ0) is 13.4. The minimum absolute atomic E-state index is 0.179. The van der Waals surface area contributed by atoms with Crippen LogP contribution >= 0.6 is 0 Å². The Labute approximate surface area is 107 Å². The average Bonchev–Trinajstić information content (AvgIpc) is 2.38. The Hall–Kier alpha value is -1.43. The topological polar surface area (TPSA) is 56.8 Å². The number of hydrogen-bond donors (Lipinski definition) is 1. The van der Waals surface area contributed by atoms with E-state index in [2.05, 4.69) is 5.32 Å². The second-order valence-electron chi connectivity index (χ2n) is 3.80. The normalized spacial score (nSPS) is 10.4. The van der Waals surface area contributed by atoms with E-state index in [1.54, 1.807) is 14.2 Å². The molecule has 0 fully saturated rings. The first-order valence-electron chi connectivity index (χ1n) is 5.59. The summed E-state index contributed by atoms with van der Waals surface area (Å²) in [5.74, 6) is -0.179. The standard InChI is InChI=1S/C13H19NO4/c1-16-7-10-4-5-11(8-17-2)12(6-10)13(15)14-9-18-3/h4-6H,7-9H2,1-3H3,(H,14,15). The Kier molecular flexibility index (Phi) is 6.35. The zero-order valence-electron chi connectivity index (χ0n) is 11.0. The number of hydrogen-bond acceptors (Lipinski definition) is 4. The molecule has 0 atom stereocenters. The van der Waals surface area contributed by atoms with E-state index < -0.39 is 0 Å². The highest BCUT2D eigenvalue weighted by molar-refractivity contribution is 5.95. The third kappa shape index (κ3) is 4.10. The summed E-state index contributed by atoms with van der Waals surface area (Å²) in [7, 11) is 4.74. The van der Waals surface area contributed by atoms with E-state index in [0.29, 0.717) is 18.8 Å². The summed E-state index contributed by atoms with van der Waals surface area (Å²) in [5.41, 5.74) is 2.37. The maximum atomic E-state index is 12.0. The molecule has 0 aliphatic carbocycles. The summed E-state index contributed by atoms with van der Waals surface area (Å²) in [6.45, 7) is 1.04. The molecular weight excluding hydrogens is 234 g/mol. The van der Waals surface area contributed by atoms with Gasteiger partial charge in [-0.1, -0.05) is 12.1 Å². The van der Waals surface area contributed by atoms with Gasteiger partial charge in [0.1, 0.15) is 6.73 Å². The van der Waals surface area contributed by atoms with Crippen molar-refractivity contribution in [2.45, 2.75) is 13.2 Å². The molecule has 100 valence electrons. The maximum Gasteiger partial charge on any atom is 0.253 e. The zero-order valence-corrected chi connectivity index (χ0v) is 11.0. The molecule has 1 amide bonds. The third-order valence-electron chi connectivity index (χ3n) is 2.41. The van der Waals surface area contributed by atoms with E-state index >= 15 is 0 Å². The molecule has 0 bridgehead atoms. The van der Waals surface area contributed by atoms with Crippen molar-refractivity contribution in [3.8, 4) is 0 Å². The fourth-order valence-electron chi connectivity index (χ4n) is 1.61. The monoisotopic (exact) mass is 253 g/mol. The molecule has 0 aromatic heterocycles. The lowest BCUT2D eigenvalue weighted by Crippen LogP contribution is -2.26. The van der Waals surface area contributed by atoms with E-state index in [-0.39, 0.29) is 12.6 Å². The van der Waals surface area contributed by atoms with Crippen molar-refractivity contribution in [1.82, 2.24) is 5.32 Å². The SMILES string of the molecule is COCNC(=O)c1cc(COC)ccc1COC. The summed E-state index contributed by atoms with van der Waals surface area (Å²) >= 11 is 0. The highest BCUT2D eigenvalue weighted by Crippen LogP contribution is 2.14. The lowest BCUT2D eigenvalue weighted by atomic mass is 10.0. The van der Waals surface area contributed by atoms with Crippen molar-refractivity contribution in [3.05, 3.63) is 34.9 Å². The highest BCUT2D eigenvalue weighted by Gasteiger charge is 2.11. The number of nitrogens with one attached hydrogen (secondary N) is 1. The van der Waals surface area contributed by atoms with Crippen LogP contribution in [0.3, 0.4) is 0 Å². The number of carbonyl (C=O) groups is 1. The number of benzene rings is 1. The smallest absolute Gasteiger partial charge is 0.253 e. The Morgan fingerprint density at radius 3 is 2.44 bits per heavy atom. The fraction of sp³-hybridized carbons (Fsp3) is 0.462. The molecule has 5 nitrogen and oxygen atoms in total. The molecule has 0 spiro atoms. The molecule has 5 heteroatoms. The van der Waals surface area contributed by atoms with E-state index in [1.807, 2.05) is 18.2 Å². The summed E-state index contributed by atoms with van der Waals surface area (Å²) < 4.78 is 15.0. The van der Waals surface area contributed by atoms with Gasteiger partial charge in [-0.15, -0.1) is 0 Å². The predicted octanol–water partition coefficient (Wildman–Crippen LogP) is 1.31. The van der Waals surface area contributed by atoms with Crippen molar-refractivity contribution in [1.29, 1.82) is 0 Å². The molecule has 1 aromatic rings. The second-order valence-corrected chi connectivity index (χ2v) is 3.80. The van der Waals surface area contributed by atoms with Crippen LogP contribution in [0.25, 0.3) is 0 Å². The molecule has 18 heavy (non-hydrogen) atoms. The first kappa shape index (κ1) is 14.6. The van der Waals surface area contributed by atoms with Gasteiger partial charge in [0.05, 0.1) is 13.2 Å². The van der Waals surface area contributed by atoms with Gasteiger partial charge in [-0.3, -0.25) is 4.79 Å². The van der Waals surface area contributed by atoms with Gasteiger partial charge in [0, 0.05) is 26.9 Å². The summed E-state index contributed by atoms with van der Waals surface area (Å²) in [5, 5.41) is 2.66. The molecule has 1 N–H and O–H groups in total. The first-order valence-corrected chi connectivity index (χ1v) is 5.59. The van der Waals surface area contributed by atoms with Crippen LogP contribution in [-0.2, 0) is 27.4 Å². The van der Waals surface area contributed by atoms with Crippen LogP contribution in [0.2, 0.25) is 0 Å². The predicted molar refractivity (Wildman–Crippen MR) is 67.2 cm³/mol. The molecule has 0 heterocycles. The lowest BCUT2D eigenvalue weighted by Gasteiger charge is -2.11. The van der Waals surface area contributed by atoms with Gasteiger partial charge in [-0.25, -0.2) is 0 Å². The Balaban J connectivity index is 2.94. The molecule has 0 radical (unpaired) electrons. The highest BCUT2D eigenvalue weighted by atomic mass is 16.5. The minimum Gasteiger partial charge on any atom is -0.380 e. The average molecular weight is 253 g/mol. The molecule has 0 aliphatic heterocycles. The van der Waals surface area contributed by atoms with Gasteiger partial charge >= 0.3 is 0 Å². The van der Waals surface area contributed by atoms with Crippen LogP contribution in [0.4, 0.5) is 0 Å². The van der Waals surface area contributed by atoms with Crippen LogP contribution in [-0.4, -0.2) is 34.0 Å². The van der Waals surface area contributed by atoms with Gasteiger partial charge < -0.3 is 19.5 Å². The van der Waals surface area contributed by atoms with E-state index in [1.165, 1.54) is 7.11 Å². The molecule has 1 aromatic carbocycles. The number of ether oxygens (including phenoxy) is 3. The van der Waals surface area contributed by atoms with Gasteiger partial charge in [0.25, 0.3) is 5.91 Å². The van der Waals surface area contributed by atoms with Crippen LogP contribution in [0.5, 0.6) is 0 Å². The van der Waals surface area contributed by atoms with Crippen LogP contribution in [0, 0.1) is 0 Å². The minimum atomic E-state index is -0.179. The molecule has 0 aliphatic rings. The molecule has 1 rings (SSSR count). The van der Waals surface area contributed by atoms with Gasteiger partial charge in [0.15, 0.2) is 0 Å². The molecule has 0 saturated heterocycles. The Morgan fingerprint density at radius 2 is 1.83 bits per heavy atom. The summed E-state index contributed by atoms with van der Waals surface area (Å²) in [6, 6.07) is 5.60. The number of methoxy groups -OCH3 is 3. The lowest BCUT2D eigenvalue weighted by molar-refractivity contribution is 0.0867. The number of amides is 1. The van der Waals surface area contributed by atoms with Crippen molar-refractivity contribution in [2.75, 3.05) is 28.1 Å². The molecule has 0 saturated carbocycles. The van der Waals surface area contributed by atoms with Crippen LogP contribution < -0.4 is 5.32 Å². The quantitative estimate of drug-likeness (QED) is 0.744. The van der Waals surface area contributed by atoms with E-state index in [9.17, 15) is 4.79 Å². The number of rotatable bonds is 7. The fourth-order valence-corrected chi connectivity index (χ4v) is 1.61. The van der Waals surface area contributed by atoms with Gasteiger partial charge in [0.2, 0.25) is 0 Å². The van der Waals surface area contributed by atoms with E-state index in [0.717, 1.165) is 11.1 Å². The summed E-state index contributed by atoms with van der Waals surface area (Å²) in [4.78, 5) is 12.0. The van der Waals surface area contributed by atoms with E-state index in [4.69, 9.17) is 14.2 Å². The van der Waals surface area contributed by atoms with Crippen molar-refractivity contribution < 1.29 is 19.0 Å². The van der Waals surface area contributed by atoms with Crippen molar-refractivity contribution in [2.24, 2.45) is 0 Å². The third-order valence-corrected chi connectivity index (χ3v) is 2.41.